The third-order valence-corrected chi connectivity index (χ3v) is 7.60. The first-order valence-corrected chi connectivity index (χ1v) is 14.7. The second-order valence-electron chi connectivity index (χ2n) is 8.49. The van der Waals surface area contributed by atoms with Crippen LogP contribution in [0.4, 0.5) is 5.69 Å². The van der Waals surface area contributed by atoms with Crippen molar-refractivity contribution in [2.24, 2.45) is 0 Å². The first-order valence-electron chi connectivity index (χ1n) is 11.7. The fourth-order valence-corrected chi connectivity index (χ4v) is 5.09. The first-order chi connectivity index (χ1) is 17.6. The number of amides is 2. The Bertz CT molecular complexity index is 1300. The number of hydrogen-bond donors (Lipinski definition) is 1. The van der Waals surface area contributed by atoms with Crippen molar-refractivity contribution >= 4 is 55.1 Å². The maximum Gasteiger partial charge on any atom is 0.244 e. The van der Waals surface area contributed by atoms with E-state index in [0.717, 1.165) is 26.2 Å². The lowest BCUT2D eigenvalue weighted by molar-refractivity contribution is -0.140. The van der Waals surface area contributed by atoms with Gasteiger partial charge in [-0.3, -0.25) is 13.9 Å². The van der Waals surface area contributed by atoms with Gasteiger partial charge in [0.2, 0.25) is 21.8 Å². The molecular formula is C27H29BrClN3O4S. The minimum absolute atomic E-state index is 0.0998. The molecule has 0 aliphatic rings. The molecule has 196 valence electrons. The molecule has 0 aliphatic carbocycles. The predicted molar refractivity (Wildman–Crippen MR) is 151 cm³/mol. The summed E-state index contributed by atoms with van der Waals surface area (Å²) in [6.07, 6.45) is 1.32. The number of nitrogens with zero attached hydrogens (tertiary/aromatic N) is 2. The van der Waals surface area contributed by atoms with E-state index in [-0.39, 0.29) is 18.9 Å². The van der Waals surface area contributed by atoms with Crippen molar-refractivity contribution in [3.8, 4) is 0 Å². The molecule has 0 unspecified atom stereocenters. The lowest BCUT2D eigenvalue weighted by Gasteiger charge is -2.33. The van der Waals surface area contributed by atoms with Gasteiger partial charge in [-0.05, 0) is 54.4 Å². The third kappa shape index (κ3) is 8.31. The van der Waals surface area contributed by atoms with Crippen LogP contribution in [-0.4, -0.2) is 50.5 Å². The molecule has 0 saturated heterocycles. The lowest BCUT2D eigenvalue weighted by Crippen LogP contribution is -2.53. The summed E-state index contributed by atoms with van der Waals surface area (Å²) in [7, 11) is -3.80. The van der Waals surface area contributed by atoms with Crippen LogP contribution in [0.15, 0.2) is 83.3 Å². The second kappa shape index (κ2) is 13.1. The highest BCUT2D eigenvalue weighted by molar-refractivity contribution is 9.10. The predicted octanol–water partition coefficient (Wildman–Crippen LogP) is 4.64. The Kier molecular flexibility index (Phi) is 10.1. The van der Waals surface area contributed by atoms with Gasteiger partial charge in [-0.15, -0.1) is 0 Å². The summed E-state index contributed by atoms with van der Waals surface area (Å²) in [5, 5.41) is 3.37. The van der Waals surface area contributed by atoms with Crippen LogP contribution >= 0.6 is 27.5 Å². The van der Waals surface area contributed by atoms with Crippen molar-refractivity contribution in [2.75, 3.05) is 23.7 Å². The number of anilines is 1. The molecule has 1 N–H and O–H groups in total. The molecule has 7 nitrogen and oxygen atoms in total. The van der Waals surface area contributed by atoms with E-state index in [4.69, 9.17) is 11.6 Å². The molecule has 0 saturated carbocycles. The number of carbonyl (C=O) groups is 2. The van der Waals surface area contributed by atoms with Crippen LogP contribution in [0.2, 0.25) is 5.02 Å². The summed E-state index contributed by atoms with van der Waals surface area (Å²) >= 11 is 9.39. The first kappa shape index (κ1) is 28.7. The van der Waals surface area contributed by atoms with Gasteiger partial charge in [0.15, 0.2) is 0 Å². The quantitative estimate of drug-likeness (QED) is 0.345. The highest BCUT2D eigenvalue weighted by Crippen LogP contribution is 2.22. The number of benzene rings is 3. The van der Waals surface area contributed by atoms with E-state index in [1.807, 2.05) is 37.3 Å². The molecule has 0 radical (unpaired) electrons. The van der Waals surface area contributed by atoms with Crippen LogP contribution in [0.1, 0.15) is 18.1 Å². The summed E-state index contributed by atoms with van der Waals surface area (Å²) in [6, 6.07) is 22.2. The molecule has 0 heterocycles. The zero-order valence-corrected chi connectivity index (χ0v) is 23.8. The smallest absolute Gasteiger partial charge is 0.244 e. The van der Waals surface area contributed by atoms with E-state index in [0.29, 0.717) is 17.3 Å². The number of sulfonamides is 1. The average molecular weight is 607 g/mol. The van der Waals surface area contributed by atoms with Gasteiger partial charge < -0.3 is 10.2 Å². The molecule has 0 bridgehead atoms. The van der Waals surface area contributed by atoms with Crippen LogP contribution in [0.3, 0.4) is 0 Å². The Morgan fingerprint density at radius 3 is 2.14 bits per heavy atom. The highest BCUT2D eigenvalue weighted by Gasteiger charge is 2.32. The van der Waals surface area contributed by atoms with Gasteiger partial charge in [0.1, 0.15) is 12.6 Å². The topological polar surface area (TPSA) is 86.8 Å². The highest BCUT2D eigenvalue weighted by atomic mass is 79.9. The van der Waals surface area contributed by atoms with E-state index >= 15 is 0 Å². The fourth-order valence-electron chi connectivity index (χ4n) is 3.85. The molecule has 37 heavy (non-hydrogen) atoms. The fraction of sp³-hybridized carbons (Fsp3) is 0.259. The maximum absolute atomic E-state index is 13.9. The number of nitrogens with one attached hydrogen (secondary N) is 1. The molecule has 0 aliphatic heterocycles. The molecule has 3 rings (SSSR count). The summed E-state index contributed by atoms with van der Waals surface area (Å²) in [4.78, 5) is 28.6. The Hall–Kier alpha value is -2.88. The van der Waals surface area contributed by atoms with Gasteiger partial charge in [0, 0.05) is 29.0 Å². The Morgan fingerprint density at radius 1 is 0.946 bits per heavy atom. The molecule has 0 spiro atoms. The number of likely N-dealkylation sites (N-methyl/N-ethyl adjacent to an activating group) is 1. The molecule has 2 amide bonds. The van der Waals surface area contributed by atoms with Gasteiger partial charge in [-0.2, -0.15) is 0 Å². The van der Waals surface area contributed by atoms with Crippen molar-refractivity contribution in [1.82, 2.24) is 10.2 Å². The standard InChI is InChI=1S/C27H29BrClN3O4S/c1-3-30-27(34)25(17-20-7-5-4-6-8-20)31(18-21-9-13-23(29)14-10-21)26(33)19-32(37(2,35)36)24-15-11-22(28)12-16-24/h4-16,25H,3,17-19H2,1-2H3,(H,30,34)/t25-/m0/s1. The van der Waals surface area contributed by atoms with Crippen molar-refractivity contribution in [3.05, 3.63) is 99.5 Å². The minimum Gasteiger partial charge on any atom is -0.355 e. The summed E-state index contributed by atoms with van der Waals surface area (Å²) in [5.41, 5.74) is 1.98. The molecule has 3 aromatic rings. The maximum atomic E-state index is 13.9. The lowest BCUT2D eigenvalue weighted by atomic mass is 10.0. The molecular weight excluding hydrogens is 578 g/mol. The molecule has 10 heteroatoms. The second-order valence-corrected chi connectivity index (χ2v) is 11.8. The Balaban J connectivity index is 2.02. The number of rotatable bonds is 11. The van der Waals surface area contributed by atoms with Crippen molar-refractivity contribution < 1.29 is 18.0 Å². The summed E-state index contributed by atoms with van der Waals surface area (Å²) in [5.74, 6) is -0.821. The van der Waals surface area contributed by atoms with Gasteiger partial charge in [-0.25, -0.2) is 8.42 Å². The van der Waals surface area contributed by atoms with Crippen molar-refractivity contribution in [2.45, 2.75) is 25.9 Å². The zero-order chi connectivity index (χ0) is 27.0. The normalized spacial score (nSPS) is 12.0. The summed E-state index contributed by atoms with van der Waals surface area (Å²) in [6.45, 7) is 1.84. The van der Waals surface area contributed by atoms with Crippen LogP contribution in [0, 0.1) is 0 Å². The van der Waals surface area contributed by atoms with E-state index in [1.165, 1.54) is 4.90 Å². The summed E-state index contributed by atoms with van der Waals surface area (Å²) < 4.78 is 27.3. The van der Waals surface area contributed by atoms with Gasteiger partial charge in [0.25, 0.3) is 0 Å². The molecule has 0 aromatic heterocycles. The van der Waals surface area contributed by atoms with Crippen LogP contribution in [0.25, 0.3) is 0 Å². The van der Waals surface area contributed by atoms with E-state index < -0.39 is 28.5 Å². The van der Waals surface area contributed by atoms with Gasteiger partial charge in [0.05, 0.1) is 11.9 Å². The van der Waals surface area contributed by atoms with Crippen molar-refractivity contribution in [3.63, 3.8) is 0 Å². The average Bonchev–Trinajstić information content (AvgIpc) is 2.86. The van der Waals surface area contributed by atoms with Gasteiger partial charge >= 0.3 is 0 Å². The van der Waals surface area contributed by atoms with E-state index in [2.05, 4.69) is 21.2 Å². The van der Waals surface area contributed by atoms with Crippen LogP contribution < -0.4 is 9.62 Å². The SMILES string of the molecule is CCNC(=O)[C@H](Cc1ccccc1)N(Cc1ccc(Cl)cc1)C(=O)CN(c1ccc(Br)cc1)S(C)(=O)=O. The van der Waals surface area contributed by atoms with E-state index in [1.54, 1.807) is 48.5 Å². The molecule has 3 aromatic carbocycles. The molecule has 1 atom stereocenters. The molecule has 0 fully saturated rings. The third-order valence-electron chi connectivity index (χ3n) is 5.68. The number of hydrogen-bond acceptors (Lipinski definition) is 4. The number of halogens is 2. The van der Waals surface area contributed by atoms with E-state index in [9.17, 15) is 18.0 Å². The minimum atomic E-state index is -3.80. The largest absolute Gasteiger partial charge is 0.355 e. The van der Waals surface area contributed by atoms with Crippen LogP contribution in [0.5, 0.6) is 0 Å². The zero-order valence-electron chi connectivity index (χ0n) is 20.6. The Labute approximate surface area is 231 Å². The van der Waals surface area contributed by atoms with Gasteiger partial charge in [-0.1, -0.05) is 70.0 Å². The monoisotopic (exact) mass is 605 g/mol. The van der Waals surface area contributed by atoms with Crippen LogP contribution in [-0.2, 0) is 32.6 Å². The number of carbonyl (C=O) groups excluding carboxylic acids is 2. The van der Waals surface area contributed by atoms with Crippen molar-refractivity contribution in [1.29, 1.82) is 0 Å². The Morgan fingerprint density at radius 2 is 1.57 bits per heavy atom.